The van der Waals surface area contributed by atoms with Gasteiger partial charge in [-0.2, -0.15) is 5.10 Å². The number of aryl methyl sites for hydroxylation is 2. The molecule has 0 aliphatic heterocycles. The summed E-state index contributed by atoms with van der Waals surface area (Å²) in [6.07, 6.45) is 1.07. The average Bonchev–Trinajstić information content (AvgIpc) is 2.50. The largest absolute Gasteiger partial charge is 0.368 e. The second-order valence-electron chi connectivity index (χ2n) is 4.87. The minimum atomic E-state index is 0.193. The van der Waals surface area contributed by atoms with Crippen molar-refractivity contribution in [1.29, 1.82) is 0 Å². The van der Waals surface area contributed by atoms with Crippen LogP contribution in [0.4, 0.5) is 11.5 Å². The highest BCUT2D eigenvalue weighted by Gasteiger charge is 2.18. The summed E-state index contributed by atoms with van der Waals surface area (Å²) in [5.74, 6) is 0.703. The molecule has 1 rings (SSSR count). The molecule has 0 aromatic carbocycles. The lowest BCUT2D eigenvalue weighted by molar-refractivity contribution is 0.376. The van der Waals surface area contributed by atoms with Crippen molar-refractivity contribution < 1.29 is 0 Å². The second-order valence-corrected chi connectivity index (χ2v) is 4.87. The molecule has 0 fully saturated rings. The van der Waals surface area contributed by atoms with Crippen LogP contribution in [0.25, 0.3) is 0 Å². The molecule has 0 spiro atoms. The quantitative estimate of drug-likeness (QED) is 0.782. The zero-order chi connectivity index (χ0) is 12.3. The number of anilines is 1. The summed E-state index contributed by atoms with van der Waals surface area (Å²) in [6, 6.07) is 0. The summed E-state index contributed by atoms with van der Waals surface area (Å²) in [6.45, 7) is 9.08. The van der Waals surface area contributed by atoms with Gasteiger partial charge < -0.3 is 5.32 Å². The SMILES string of the molecule is CCC(C)(C)CNc1c(N=O)c(C)nn1C. The normalized spacial score (nSPS) is 11.6. The van der Waals surface area contributed by atoms with E-state index in [1.54, 1.807) is 11.6 Å². The molecular formula is C11H20N4O. The molecule has 5 nitrogen and oxygen atoms in total. The first-order valence-electron chi connectivity index (χ1n) is 5.52. The summed E-state index contributed by atoms with van der Waals surface area (Å²) < 4.78 is 1.66. The van der Waals surface area contributed by atoms with Gasteiger partial charge in [0.25, 0.3) is 0 Å². The van der Waals surface area contributed by atoms with Crippen LogP contribution in [-0.2, 0) is 7.05 Å². The van der Waals surface area contributed by atoms with Crippen molar-refractivity contribution in [3.05, 3.63) is 10.6 Å². The van der Waals surface area contributed by atoms with Crippen LogP contribution in [0.5, 0.6) is 0 Å². The minimum Gasteiger partial charge on any atom is -0.368 e. The lowest BCUT2D eigenvalue weighted by Gasteiger charge is -2.23. The number of rotatable bonds is 5. The second kappa shape index (κ2) is 4.63. The topological polar surface area (TPSA) is 59.3 Å². The third-order valence-corrected chi connectivity index (χ3v) is 2.97. The maximum atomic E-state index is 10.7. The molecule has 0 bridgehead atoms. The molecule has 16 heavy (non-hydrogen) atoms. The Balaban J connectivity index is 2.85. The number of nitroso groups, excluding NO2 is 1. The van der Waals surface area contributed by atoms with Gasteiger partial charge in [0.05, 0.1) is 5.69 Å². The zero-order valence-electron chi connectivity index (χ0n) is 10.7. The lowest BCUT2D eigenvalue weighted by atomic mass is 9.90. The van der Waals surface area contributed by atoms with E-state index in [0.29, 0.717) is 17.2 Å². The number of hydrogen-bond acceptors (Lipinski definition) is 4. The van der Waals surface area contributed by atoms with Gasteiger partial charge in [-0.25, -0.2) is 0 Å². The first-order valence-corrected chi connectivity index (χ1v) is 5.52. The Kier molecular flexibility index (Phi) is 3.67. The number of aromatic nitrogens is 2. The third kappa shape index (κ3) is 2.59. The average molecular weight is 224 g/mol. The van der Waals surface area contributed by atoms with E-state index in [1.165, 1.54) is 0 Å². The summed E-state index contributed by atoms with van der Waals surface area (Å²) in [5, 5.41) is 10.4. The van der Waals surface area contributed by atoms with Gasteiger partial charge in [0.15, 0.2) is 11.5 Å². The molecule has 0 unspecified atom stereocenters. The van der Waals surface area contributed by atoms with Crippen LogP contribution in [0.1, 0.15) is 32.9 Å². The van der Waals surface area contributed by atoms with Gasteiger partial charge in [-0.1, -0.05) is 20.8 Å². The zero-order valence-corrected chi connectivity index (χ0v) is 10.7. The van der Waals surface area contributed by atoms with Crippen LogP contribution in [0.3, 0.4) is 0 Å². The molecule has 1 aromatic rings. The Labute approximate surface area is 96.2 Å². The monoisotopic (exact) mass is 224 g/mol. The predicted molar refractivity (Wildman–Crippen MR) is 66.0 cm³/mol. The van der Waals surface area contributed by atoms with Crippen molar-refractivity contribution in [1.82, 2.24) is 9.78 Å². The van der Waals surface area contributed by atoms with Gasteiger partial charge >= 0.3 is 0 Å². The summed E-state index contributed by atoms with van der Waals surface area (Å²) in [4.78, 5) is 10.7. The van der Waals surface area contributed by atoms with Gasteiger partial charge in [-0.3, -0.25) is 4.68 Å². The van der Waals surface area contributed by atoms with E-state index >= 15 is 0 Å². The molecule has 1 N–H and O–H groups in total. The van der Waals surface area contributed by atoms with E-state index in [4.69, 9.17) is 0 Å². The molecule has 0 atom stereocenters. The molecule has 90 valence electrons. The summed E-state index contributed by atoms with van der Waals surface area (Å²) >= 11 is 0. The summed E-state index contributed by atoms with van der Waals surface area (Å²) in [7, 11) is 1.81. The highest BCUT2D eigenvalue weighted by Crippen LogP contribution is 2.29. The van der Waals surface area contributed by atoms with E-state index in [9.17, 15) is 4.91 Å². The van der Waals surface area contributed by atoms with E-state index < -0.39 is 0 Å². The van der Waals surface area contributed by atoms with Crippen molar-refractivity contribution >= 4 is 11.5 Å². The molecule has 0 aliphatic carbocycles. The molecule has 1 aromatic heterocycles. The Morgan fingerprint density at radius 2 is 2.12 bits per heavy atom. The smallest absolute Gasteiger partial charge is 0.172 e. The molecule has 0 amide bonds. The van der Waals surface area contributed by atoms with E-state index in [2.05, 4.69) is 36.4 Å². The van der Waals surface area contributed by atoms with Gasteiger partial charge in [-0.15, -0.1) is 4.91 Å². The van der Waals surface area contributed by atoms with Crippen LogP contribution in [0.2, 0.25) is 0 Å². The number of hydrogen-bond donors (Lipinski definition) is 1. The lowest BCUT2D eigenvalue weighted by Crippen LogP contribution is -2.23. The van der Waals surface area contributed by atoms with Crippen LogP contribution < -0.4 is 5.32 Å². The fourth-order valence-corrected chi connectivity index (χ4v) is 1.40. The van der Waals surface area contributed by atoms with Gasteiger partial charge in [0.1, 0.15) is 0 Å². The highest BCUT2D eigenvalue weighted by atomic mass is 16.3. The first-order chi connectivity index (χ1) is 7.41. The van der Waals surface area contributed by atoms with Crippen LogP contribution in [0, 0.1) is 17.2 Å². The van der Waals surface area contributed by atoms with Crippen molar-refractivity contribution in [2.75, 3.05) is 11.9 Å². The molecule has 1 heterocycles. The number of nitrogens with one attached hydrogen (secondary N) is 1. The van der Waals surface area contributed by atoms with Crippen molar-refractivity contribution in [2.45, 2.75) is 34.1 Å². The molecule has 0 saturated heterocycles. The van der Waals surface area contributed by atoms with Crippen molar-refractivity contribution in [3.63, 3.8) is 0 Å². The maximum absolute atomic E-state index is 10.7. The van der Waals surface area contributed by atoms with Gasteiger partial charge in [0, 0.05) is 13.6 Å². The molecule has 0 saturated carbocycles. The predicted octanol–water partition coefficient (Wildman–Crippen LogP) is 2.97. The Hall–Kier alpha value is -1.39. The Bertz CT molecular complexity index is 382. The Morgan fingerprint density at radius 3 is 2.62 bits per heavy atom. The number of nitrogens with zero attached hydrogens (tertiary/aromatic N) is 3. The molecule has 5 heteroatoms. The molecule has 0 aliphatic rings. The van der Waals surface area contributed by atoms with E-state index in [1.807, 2.05) is 7.05 Å². The fourth-order valence-electron chi connectivity index (χ4n) is 1.40. The third-order valence-electron chi connectivity index (χ3n) is 2.97. The van der Waals surface area contributed by atoms with E-state index in [0.717, 1.165) is 13.0 Å². The van der Waals surface area contributed by atoms with Crippen LogP contribution in [-0.4, -0.2) is 16.3 Å². The maximum Gasteiger partial charge on any atom is 0.172 e. The molecular weight excluding hydrogens is 204 g/mol. The van der Waals surface area contributed by atoms with Gasteiger partial charge in [-0.05, 0) is 23.9 Å². The highest BCUT2D eigenvalue weighted by molar-refractivity contribution is 5.63. The Morgan fingerprint density at radius 1 is 1.50 bits per heavy atom. The van der Waals surface area contributed by atoms with Crippen molar-refractivity contribution in [3.8, 4) is 0 Å². The summed E-state index contributed by atoms with van der Waals surface area (Å²) in [5.41, 5.74) is 1.27. The standard InChI is InChI=1S/C11H20N4O/c1-6-11(3,4)7-12-10-9(14-16)8(2)13-15(10)5/h12H,6-7H2,1-5H3. The van der Waals surface area contributed by atoms with Gasteiger partial charge in [0.2, 0.25) is 0 Å². The fraction of sp³-hybridized carbons (Fsp3) is 0.727. The molecule has 0 radical (unpaired) electrons. The van der Waals surface area contributed by atoms with Crippen molar-refractivity contribution in [2.24, 2.45) is 17.6 Å². The van der Waals surface area contributed by atoms with Crippen LogP contribution in [0.15, 0.2) is 5.18 Å². The van der Waals surface area contributed by atoms with E-state index in [-0.39, 0.29) is 5.41 Å². The first kappa shape index (κ1) is 12.7. The minimum absolute atomic E-state index is 0.193. The van der Waals surface area contributed by atoms with Crippen LogP contribution >= 0.6 is 0 Å².